The van der Waals surface area contributed by atoms with Gasteiger partial charge in [-0.05, 0) is 24.3 Å². The van der Waals surface area contributed by atoms with Gasteiger partial charge in [-0.2, -0.15) is 0 Å². The molecule has 3 rings (SSSR count). The summed E-state index contributed by atoms with van der Waals surface area (Å²) in [5.41, 5.74) is 0.339. The minimum Gasteiger partial charge on any atom is -0.497 e. The van der Waals surface area contributed by atoms with Crippen LogP contribution in [0.2, 0.25) is 0 Å². The van der Waals surface area contributed by atoms with Gasteiger partial charge >= 0.3 is 0 Å². The Bertz CT molecular complexity index is 883. The second kappa shape index (κ2) is 5.61. The number of carbonyl (C=O) groups excluding carboxylic acids is 1. The van der Waals surface area contributed by atoms with Gasteiger partial charge in [0.1, 0.15) is 11.3 Å². The normalized spacial score (nSPS) is 10.6. The molecular formula is C15H13N3O3S. The molecule has 2 heterocycles. The van der Waals surface area contributed by atoms with Gasteiger partial charge in [0.05, 0.1) is 7.11 Å². The third kappa shape index (κ3) is 2.35. The van der Waals surface area contributed by atoms with E-state index in [0.29, 0.717) is 16.4 Å². The summed E-state index contributed by atoms with van der Waals surface area (Å²) >= 11 is 1.34. The van der Waals surface area contributed by atoms with Crippen LogP contribution in [0.4, 0.5) is 5.69 Å². The lowest BCUT2D eigenvalue weighted by atomic mass is 10.2. The third-order valence-electron chi connectivity index (χ3n) is 3.34. The molecule has 0 aliphatic carbocycles. The molecule has 0 atom stereocenters. The molecule has 0 N–H and O–H groups in total. The zero-order valence-corrected chi connectivity index (χ0v) is 12.8. The number of rotatable bonds is 3. The van der Waals surface area contributed by atoms with E-state index in [1.54, 1.807) is 50.0 Å². The van der Waals surface area contributed by atoms with E-state index in [1.807, 2.05) is 0 Å². The van der Waals surface area contributed by atoms with Gasteiger partial charge in [0.25, 0.3) is 11.5 Å². The molecule has 0 aliphatic heterocycles. The monoisotopic (exact) mass is 315 g/mol. The Morgan fingerprint density at radius 1 is 1.32 bits per heavy atom. The average Bonchev–Trinajstić information content (AvgIpc) is 3.03. The van der Waals surface area contributed by atoms with Crippen LogP contribution in [0.15, 0.2) is 46.8 Å². The van der Waals surface area contributed by atoms with Crippen LogP contribution >= 0.6 is 11.3 Å². The van der Waals surface area contributed by atoms with E-state index in [-0.39, 0.29) is 11.1 Å². The number of fused-ring (bicyclic) bond motifs is 1. The highest BCUT2D eigenvalue weighted by molar-refractivity contribution is 7.15. The molecule has 0 saturated heterocycles. The summed E-state index contributed by atoms with van der Waals surface area (Å²) in [4.78, 5) is 31.0. The maximum atomic E-state index is 12.5. The van der Waals surface area contributed by atoms with Crippen LogP contribution < -0.4 is 15.2 Å². The summed E-state index contributed by atoms with van der Waals surface area (Å²) in [5.74, 6) is 0.300. The van der Waals surface area contributed by atoms with Gasteiger partial charge in [0.2, 0.25) is 0 Å². The SMILES string of the molecule is COc1ccc(N(C)C(=O)c2cnc3sccn3c2=O)cc1. The smallest absolute Gasteiger partial charge is 0.271 e. The van der Waals surface area contributed by atoms with Crippen molar-refractivity contribution in [2.75, 3.05) is 19.1 Å². The molecule has 0 aliphatic rings. The molecule has 0 fully saturated rings. The number of benzene rings is 1. The van der Waals surface area contributed by atoms with Crippen LogP contribution in [0.1, 0.15) is 10.4 Å². The standard InChI is InChI=1S/C15H13N3O3S/c1-17(10-3-5-11(21-2)6-4-10)13(19)12-9-16-15-18(14(12)20)7-8-22-15/h3-9H,1-2H3. The maximum absolute atomic E-state index is 12.5. The van der Waals surface area contributed by atoms with E-state index in [0.717, 1.165) is 0 Å². The second-order valence-corrected chi connectivity index (χ2v) is 5.47. The van der Waals surface area contributed by atoms with Crippen molar-refractivity contribution < 1.29 is 9.53 Å². The third-order valence-corrected chi connectivity index (χ3v) is 4.11. The van der Waals surface area contributed by atoms with Crippen molar-refractivity contribution in [2.45, 2.75) is 0 Å². The van der Waals surface area contributed by atoms with Crippen LogP contribution in [0.25, 0.3) is 4.96 Å². The van der Waals surface area contributed by atoms with Crippen LogP contribution in [0.5, 0.6) is 5.75 Å². The summed E-state index contributed by atoms with van der Waals surface area (Å²) in [6.45, 7) is 0. The van der Waals surface area contributed by atoms with Gasteiger partial charge in [0, 0.05) is 30.5 Å². The minimum atomic E-state index is -0.400. The summed E-state index contributed by atoms with van der Waals surface area (Å²) < 4.78 is 6.46. The molecule has 7 heteroatoms. The molecule has 0 radical (unpaired) electrons. The molecule has 1 amide bonds. The van der Waals surface area contributed by atoms with Gasteiger partial charge in [-0.3, -0.25) is 14.0 Å². The molecule has 0 saturated carbocycles. The van der Waals surface area contributed by atoms with Crippen LogP contribution in [-0.4, -0.2) is 29.4 Å². The van der Waals surface area contributed by atoms with Crippen molar-refractivity contribution in [2.24, 2.45) is 0 Å². The molecule has 112 valence electrons. The first-order chi connectivity index (χ1) is 10.6. The number of carbonyl (C=O) groups is 1. The second-order valence-electron chi connectivity index (χ2n) is 4.59. The largest absolute Gasteiger partial charge is 0.497 e. The first kappa shape index (κ1) is 14.3. The van der Waals surface area contributed by atoms with Crippen molar-refractivity contribution >= 4 is 27.9 Å². The Hall–Kier alpha value is -2.67. The number of methoxy groups -OCH3 is 1. The Morgan fingerprint density at radius 3 is 2.73 bits per heavy atom. The molecular weight excluding hydrogens is 302 g/mol. The van der Waals surface area contributed by atoms with E-state index in [2.05, 4.69) is 4.98 Å². The summed E-state index contributed by atoms with van der Waals surface area (Å²) in [5, 5.41) is 1.76. The number of anilines is 1. The number of hydrogen-bond acceptors (Lipinski definition) is 5. The Balaban J connectivity index is 1.97. The highest BCUT2D eigenvalue weighted by Gasteiger charge is 2.19. The van der Waals surface area contributed by atoms with Crippen LogP contribution in [0, 0.1) is 0 Å². The zero-order chi connectivity index (χ0) is 15.7. The number of ether oxygens (including phenoxy) is 1. The van der Waals surface area contributed by atoms with Gasteiger partial charge in [-0.25, -0.2) is 4.98 Å². The molecule has 6 nitrogen and oxygen atoms in total. The van der Waals surface area contributed by atoms with Crippen molar-refractivity contribution in [3.8, 4) is 5.75 Å². The average molecular weight is 315 g/mol. The summed E-state index contributed by atoms with van der Waals surface area (Å²) in [6.07, 6.45) is 2.94. The van der Waals surface area contributed by atoms with Crippen molar-refractivity contribution in [3.63, 3.8) is 0 Å². The van der Waals surface area contributed by atoms with Gasteiger partial charge in [-0.15, -0.1) is 11.3 Å². The number of nitrogens with zero attached hydrogens (tertiary/aromatic N) is 3. The van der Waals surface area contributed by atoms with Crippen LogP contribution in [0.3, 0.4) is 0 Å². The fourth-order valence-electron chi connectivity index (χ4n) is 2.08. The van der Waals surface area contributed by atoms with E-state index in [4.69, 9.17) is 4.74 Å². The molecule has 1 aromatic carbocycles. The molecule has 0 bridgehead atoms. The highest BCUT2D eigenvalue weighted by atomic mass is 32.1. The van der Waals surface area contributed by atoms with Gasteiger partial charge < -0.3 is 9.64 Å². The van der Waals surface area contributed by atoms with Crippen molar-refractivity contribution in [1.82, 2.24) is 9.38 Å². The lowest BCUT2D eigenvalue weighted by molar-refractivity contribution is 0.0991. The number of hydrogen-bond donors (Lipinski definition) is 0. The zero-order valence-electron chi connectivity index (χ0n) is 12.0. The molecule has 0 spiro atoms. The van der Waals surface area contributed by atoms with E-state index < -0.39 is 5.91 Å². The van der Waals surface area contributed by atoms with Crippen molar-refractivity contribution in [1.29, 1.82) is 0 Å². The minimum absolute atomic E-state index is 0.0363. The van der Waals surface area contributed by atoms with E-state index >= 15 is 0 Å². The highest BCUT2D eigenvalue weighted by Crippen LogP contribution is 2.19. The predicted molar refractivity (Wildman–Crippen MR) is 85.1 cm³/mol. The molecule has 22 heavy (non-hydrogen) atoms. The number of amides is 1. The molecule has 2 aromatic heterocycles. The summed E-state index contributed by atoms with van der Waals surface area (Å²) in [6, 6.07) is 7.02. The number of thiazole rings is 1. The quantitative estimate of drug-likeness (QED) is 0.742. The van der Waals surface area contributed by atoms with Crippen LogP contribution in [-0.2, 0) is 0 Å². The Labute approximate surface area is 130 Å². The predicted octanol–water partition coefficient (Wildman–Crippen LogP) is 2.04. The van der Waals surface area contributed by atoms with E-state index in [1.165, 1.54) is 26.8 Å². The molecule has 0 unspecified atom stereocenters. The number of aromatic nitrogens is 2. The van der Waals surface area contributed by atoms with Crippen molar-refractivity contribution in [3.05, 3.63) is 58.0 Å². The maximum Gasteiger partial charge on any atom is 0.271 e. The Kier molecular flexibility index (Phi) is 3.64. The van der Waals surface area contributed by atoms with Gasteiger partial charge in [-0.1, -0.05) is 0 Å². The summed E-state index contributed by atoms with van der Waals surface area (Å²) in [7, 11) is 3.19. The lowest BCUT2D eigenvalue weighted by Crippen LogP contribution is -2.32. The molecule has 3 aromatic rings. The fraction of sp³-hybridized carbons (Fsp3) is 0.133. The topological polar surface area (TPSA) is 63.9 Å². The first-order valence-corrected chi connectivity index (χ1v) is 7.37. The fourth-order valence-corrected chi connectivity index (χ4v) is 2.75. The Morgan fingerprint density at radius 2 is 2.05 bits per heavy atom. The first-order valence-electron chi connectivity index (χ1n) is 6.49. The lowest BCUT2D eigenvalue weighted by Gasteiger charge is -2.17. The van der Waals surface area contributed by atoms with E-state index in [9.17, 15) is 9.59 Å². The van der Waals surface area contributed by atoms with Gasteiger partial charge in [0.15, 0.2) is 4.96 Å².